The zero-order valence-corrected chi connectivity index (χ0v) is 14.5. The molecule has 138 valence electrons. The van der Waals surface area contributed by atoms with Crippen LogP contribution in [0.4, 0.5) is 8.78 Å². The van der Waals surface area contributed by atoms with Gasteiger partial charge < -0.3 is 5.32 Å². The molecule has 0 saturated carbocycles. The standard InChI is InChI=1S/C20H18F2N4O/c21-16-5-1-3-13(9-16)18-15(11-24-25-18)12-26-8-7-23-20(27)19(26)14-4-2-6-17(22)10-14/h1-6,9-11,19H,7-8,12H2,(H,23,27)(H,24,25)/t19-/m1/s1. The van der Waals surface area contributed by atoms with E-state index in [2.05, 4.69) is 15.5 Å². The normalized spacial score (nSPS) is 17.7. The molecule has 2 heterocycles. The number of nitrogens with one attached hydrogen (secondary N) is 2. The minimum absolute atomic E-state index is 0.164. The molecule has 2 N–H and O–H groups in total. The number of H-pyrrole nitrogens is 1. The van der Waals surface area contributed by atoms with Gasteiger partial charge in [-0.1, -0.05) is 24.3 Å². The molecule has 1 fully saturated rings. The number of carbonyl (C=O) groups excluding carboxylic acids is 1. The summed E-state index contributed by atoms with van der Waals surface area (Å²) in [5.74, 6) is -0.875. The van der Waals surface area contributed by atoms with E-state index in [0.717, 1.165) is 5.56 Å². The van der Waals surface area contributed by atoms with Crippen LogP contribution in [0.3, 0.4) is 0 Å². The van der Waals surface area contributed by atoms with Gasteiger partial charge in [-0.15, -0.1) is 0 Å². The molecular weight excluding hydrogens is 350 g/mol. The molecule has 0 aliphatic carbocycles. The Balaban J connectivity index is 1.65. The third kappa shape index (κ3) is 3.59. The Kier molecular flexibility index (Phi) is 4.68. The second-order valence-corrected chi connectivity index (χ2v) is 6.50. The van der Waals surface area contributed by atoms with E-state index < -0.39 is 6.04 Å². The first-order chi connectivity index (χ1) is 13.1. The van der Waals surface area contributed by atoms with E-state index in [1.54, 1.807) is 30.5 Å². The highest BCUT2D eigenvalue weighted by Crippen LogP contribution is 2.29. The Morgan fingerprint density at radius 1 is 1.11 bits per heavy atom. The van der Waals surface area contributed by atoms with Crippen molar-refractivity contribution in [2.24, 2.45) is 0 Å². The maximum absolute atomic E-state index is 13.7. The summed E-state index contributed by atoms with van der Waals surface area (Å²) in [5, 5.41) is 9.84. The van der Waals surface area contributed by atoms with E-state index in [0.29, 0.717) is 36.5 Å². The highest BCUT2D eigenvalue weighted by molar-refractivity contribution is 5.84. The molecule has 1 aliphatic rings. The molecule has 0 radical (unpaired) electrons. The summed E-state index contributed by atoms with van der Waals surface area (Å²) < 4.78 is 27.3. The number of aromatic amines is 1. The lowest BCUT2D eigenvalue weighted by Crippen LogP contribution is -2.49. The summed E-state index contributed by atoms with van der Waals surface area (Å²) in [6, 6.07) is 11.7. The Hall–Kier alpha value is -3.06. The summed E-state index contributed by atoms with van der Waals surface area (Å²) in [6.45, 7) is 1.55. The maximum Gasteiger partial charge on any atom is 0.242 e. The molecule has 3 aromatic rings. The predicted molar refractivity (Wildman–Crippen MR) is 96.5 cm³/mol. The van der Waals surface area contributed by atoms with Crippen LogP contribution in [0, 0.1) is 11.6 Å². The number of carbonyl (C=O) groups is 1. The van der Waals surface area contributed by atoms with Gasteiger partial charge in [0, 0.05) is 30.8 Å². The monoisotopic (exact) mass is 368 g/mol. The largest absolute Gasteiger partial charge is 0.353 e. The van der Waals surface area contributed by atoms with Crippen LogP contribution in [-0.2, 0) is 11.3 Å². The SMILES string of the molecule is O=C1NCCN(Cc2cn[nH]c2-c2cccc(F)c2)[C@@H]1c1cccc(F)c1. The summed E-state index contributed by atoms with van der Waals surface area (Å²) in [4.78, 5) is 14.5. The fourth-order valence-electron chi connectivity index (χ4n) is 3.47. The van der Waals surface area contributed by atoms with Gasteiger partial charge in [0.05, 0.1) is 11.9 Å². The highest BCUT2D eigenvalue weighted by Gasteiger charge is 2.32. The van der Waals surface area contributed by atoms with Crippen molar-refractivity contribution in [1.29, 1.82) is 0 Å². The number of piperazine rings is 1. The van der Waals surface area contributed by atoms with Gasteiger partial charge in [-0.25, -0.2) is 8.78 Å². The van der Waals surface area contributed by atoms with Gasteiger partial charge in [0.2, 0.25) is 5.91 Å². The molecule has 0 unspecified atom stereocenters. The van der Waals surface area contributed by atoms with Crippen molar-refractivity contribution >= 4 is 5.91 Å². The number of hydrogen-bond acceptors (Lipinski definition) is 3. The van der Waals surface area contributed by atoms with Gasteiger partial charge in [-0.2, -0.15) is 5.10 Å². The smallest absolute Gasteiger partial charge is 0.242 e. The minimum atomic E-state index is -0.593. The van der Waals surface area contributed by atoms with Crippen LogP contribution < -0.4 is 5.32 Å². The van der Waals surface area contributed by atoms with Gasteiger partial charge in [-0.3, -0.25) is 14.8 Å². The van der Waals surface area contributed by atoms with Crippen LogP contribution in [0.5, 0.6) is 0 Å². The van der Waals surface area contributed by atoms with Gasteiger partial charge in [0.25, 0.3) is 0 Å². The maximum atomic E-state index is 13.7. The first-order valence-corrected chi connectivity index (χ1v) is 8.67. The molecule has 5 nitrogen and oxygen atoms in total. The molecule has 1 aliphatic heterocycles. The number of amides is 1. The first-order valence-electron chi connectivity index (χ1n) is 8.67. The molecule has 1 atom stereocenters. The highest BCUT2D eigenvalue weighted by atomic mass is 19.1. The molecule has 2 aromatic carbocycles. The van der Waals surface area contributed by atoms with Gasteiger partial charge >= 0.3 is 0 Å². The molecular formula is C20H18F2N4O. The Labute approximate surface area is 155 Å². The zero-order chi connectivity index (χ0) is 18.8. The fourth-order valence-corrected chi connectivity index (χ4v) is 3.47. The summed E-state index contributed by atoms with van der Waals surface area (Å²) in [6.07, 6.45) is 1.68. The molecule has 4 rings (SSSR count). The number of rotatable bonds is 4. The summed E-state index contributed by atoms with van der Waals surface area (Å²) >= 11 is 0. The molecule has 0 spiro atoms. The molecule has 0 bridgehead atoms. The van der Waals surface area contributed by atoms with Gasteiger partial charge in [0.15, 0.2) is 0 Å². The molecule has 7 heteroatoms. The average molecular weight is 368 g/mol. The first kappa shape index (κ1) is 17.4. The van der Waals surface area contributed by atoms with Crippen LogP contribution in [0.25, 0.3) is 11.3 Å². The van der Waals surface area contributed by atoms with Crippen LogP contribution >= 0.6 is 0 Å². The second-order valence-electron chi connectivity index (χ2n) is 6.50. The van der Waals surface area contributed by atoms with Crippen molar-refractivity contribution in [3.05, 3.63) is 77.5 Å². The topological polar surface area (TPSA) is 61.0 Å². The number of aromatic nitrogens is 2. The van der Waals surface area contributed by atoms with E-state index in [1.807, 2.05) is 4.90 Å². The quantitative estimate of drug-likeness (QED) is 0.744. The van der Waals surface area contributed by atoms with Crippen LogP contribution in [-0.4, -0.2) is 34.1 Å². The lowest BCUT2D eigenvalue weighted by atomic mass is 10.0. The zero-order valence-electron chi connectivity index (χ0n) is 14.5. The van der Waals surface area contributed by atoms with Crippen LogP contribution in [0.15, 0.2) is 54.7 Å². The van der Waals surface area contributed by atoms with Gasteiger partial charge in [-0.05, 0) is 29.8 Å². The lowest BCUT2D eigenvalue weighted by Gasteiger charge is -2.35. The average Bonchev–Trinajstić information content (AvgIpc) is 3.10. The third-order valence-electron chi connectivity index (χ3n) is 4.68. The Morgan fingerprint density at radius 2 is 1.89 bits per heavy atom. The molecule has 1 saturated heterocycles. The second kappa shape index (κ2) is 7.28. The molecule has 1 aromatic heterocycles. The van der Waals surface area contributed by atoms with E-state index >= 15 is 0 Å². The van der Waals surface area contributed by atoms with Crippen molar-refractivity contribution in [3.63, 3.8) is 0 Å². The van der Waals surface area contributed by atoms with Crippen LogP contribution in [0.2, 0.25) is 0 Å². The van der Waals surface area contributed by atoms with Crippen LogP contribution in [0.1, 0.15) is 17.2 Å². The number of halogens is 2. The fraction of sp³-hybridized carbons (Fsp3) is 0.200. The third-order valence-corrected chi connectivity index (χ3v) is 4.68. The number of hydrogen-bond donors (Lipinski definition) is 2. The van der Waals surface area contributed by atoms with E-state index in [4.69, 9.17) is 0 Å². The molecule has 27 heavy (non-hydrogen) atoms. The van der Waals surface area contributed by atoms with Crippen molar-refractivity contribution in [1.82, 2.24) is 20.4 Å². The van der Waals surface area contributed by atoms with Crippen molar-refractivity contribution in [2.45, 2.75) is 12.6 Å². The van der Waals surface area contributed by atoms with Crippen molar-refractivity contribution < 1.29 is 13.6 Å². The predicted octanol–water partition coefficient (Wildman–Crippen LogP) is 3.03. The van der Waals surface area contributed by atoms with Gasteiger partial charge in [0.1, 0.15) is 17.7 Å². The summed E-state index contributed by atoms with van der Waals surface area (Å²) in [7, 11) is 0. The van der Waals surface area contributed by atoms with Crippen molar-refractivity contribution in [3.8, 4) is 11.3 Å². The Bertz CT molecular complexity index is 972. The lowest BCUT2D eigenvalue weighted by molar-refractivity contribution is -0.129. The minimum Gasteiger partial charge on any atom is -0.353 e. The van der Waals surface area contributed by atoms with E-state index in [-0.39, 0.29) is 17.5 Å². The Morgan fingerprint density at radius 3 is 2.67 bits per heavy atom. The number of nitrogens with zero attached hydrogens (tertiary/aromatic N) is 2. The molecule has 1 amide bonds. The number of benzene rings is 2. The summed E-state index contributed by atoms with van der Waals surface area (Å²) in [5.41, 5.74) is 2.84. The van der Waals surface area contributed by atoms with E-state index in [9.17, 15) is 13.6 Å². The van der Waals surface area contributed by atoms with Crippen molar-refractivity contribution in [2.75, 3.05) is 13.1 Å². The van der Waals surface area contributed by atoms with E-state index in [1.165, 1.54) is 24.3 Å².